The van der Waals surface area contributed by atoms with Crippen LogP contribution in [0.1, 0.15) is 21.7 Å². The minimum Gasteiger partial charge on any atom is -0.488 e. The second-order valence-electron chi connectivity index (χ2n) is 6.11. The number of thiazole rings is 1. The van der Waals surface area contributed by atoms with Gasteiger partial charge in [-0.25, -0.2) is 4.98 Å². The average Bonchev–Trinajstić information content (AvgIpc) is 3.00. The molecule has 0 aliphatic rings. The van der Waals surface area contributed by atoms with Crippen LogP contribution >= 0.6 is 11.3 Å². The highest BCUT2D eigenvalue weighted by Crippen LogP contribution is 2.33. The normalized spacial score (nSPS) is 11.4. The first kappa shape index (κ1) is 19.9. The Morgan fingerprint density at radius 2 is 1.89 bits per heavy atom. The van der Waals surface area contributed by atoms with E-state index in [0.29, 0.717) is 21.9 Å². The van der Waals surface area contributed by atoms with Gasteiger partial charge in [-0.2, -0.15) is 13.2 Å². The van der Waals surface area contributed by atoms with Crippen LogP contribution < -0.4 is 4.74 Å². The molecule has 0 bridgehead atoms. The van der Waals surface area contributed by atoms with E-state index in [2.05, 4.69) is 4.98 Å². The Morgan fingerprint density at radius 1 is 1.18 bits per heavy atom. The standard InChI is InChI=1S/C20H16F3NO3S/c1-12-17(11-27-16-4-2-3-13(9-16)10-18(25)26)28-19(24-12)14-5-7-15(8-6-14)20(21,22)23/h2-9H,10-11H2,1H3,(H,25,26). The third-order valence-electron chi connectivity index (χ3n) is 3.98. The largest absolute Gasteiger partial charge is 0.488 e. The summed E-state index contributed by atoms with van der Waals surface area (Å²) in [5, 5.41) is 9.48. The van der Waals surface area contributed by atoms with Crippen molar-refractivity contribution in [2.45, 2.75) is 26.1 Å². The average molecular weight is 407 g/mol. The molecule has 2 aromatic carbocycles. The number of benzene rings is 2. The predicted octanol–water partition coefficient (Wildman–Crippen LogP) is 5.34. The van der Waals surface area contributed by atoms with E-state index in [-0.39, 0.29) is 13.0 Å². The SMILES string of the molecule is Cc1nc(-c2ccc(C(F)(F)F)cc2)sc1COc1cccc(CC(=O)O)c1. The fourth-order valence-electron chi connectivity index (χ4n) is 2.56. The lowest BCUT2D eigenvalue weighted by Gasteiger charge is -2.07. The molecular formula is C20H16F3NO3S. The summed E-state index contributed by atoms with van der Waals surface area (Å²) < 4.78 is 43.8. The number of rotatable bonds is 6. The Hall–Kier alpha value is -2.87. The third kappa shape index (κ3) is 4.89. The van der Waals surface area contributed by atoms with Crippen molar-refractivity contribution in [2.75, 3.05) is 0 Å². The molecule has 3 aromatic rings. The molecule has 4 nitrogen and oxygen atoms in total. The third-order valence-corrected chi connectivity index (χ3v) is 5.16. The van der Waals surface area contributed by atoms with E-state index >= 15 is 0 Å². The van der Waals surface area contributed by atoms with Gasteiger partial charge in [-0.05, 0) is 36.8 Å². The summed E-state index contributed by atoms with van der Waals surface area (Å²) in [6, 6.07) is 11.7. The number of halogens is 3. The lowest BCUT2D eigenvalue weighted by Crippen LogP contribution is -2.03. The molecule has 146 valence electrons. The van der Waals surface area contributed by atoms with Crippen LogP contribution in [0.15, 0.2) is 48.5 Å². The maximum atomic E-state index is 12.7. The van der Waals surface area contributed by atoms with Crippen LogP contribution in [0.3, 0.4) is 0 Å². The first-order chi connectivity index (χ1) is 13.2. The number of nitrogens with zero attached hydrogens (tertiary/aromatic N) is 1. The molecule has 0 fully saturated rings. The summed E-state index contributed by atoms with van der Waals surface area (Å²) in [5.74, 6) is -0.376. The van der Waals surface area contributed by atoms with Gasteiger partial charge in [0.05, 0.1) is 22.6 Å². The molecular weight excluding hydrogens is 391 g/mol. The van der Waals surface area contributed by atoms with E-state index in [0.717, 1.165) is 22.7 Å². The Kier molecular flexibility index (Phi) is 5.69. The zero-order valence-electron chi connectivity index (χ0n) is 14.8. The van der Waals surface area contributed by atoms with E-state index in [1.807, 2.05) is 6.92 Å². The van der Waals surface area contributed by atoms with Crippen LogP contribution in [0.2, 0.25) is 0 Å². The molecule has 0 unspecified atom stereocenters. The molecule has 0 amide bonds. The number of carboxylic acids is 1. The van der Waals surface area contributed by atoms with Gasteiger partial charge in [-0.15, -0.1) is 11.3 Å². The molecule has 28 heavy (non-hydrogen) atoms. The molecule has 8 heteroatoms. The van der Waals surface area contributed by atoms with Crippen molar-refractivity contribution in [2.24, 2.45) is 0 Å². The van der Waals surface area contributed by atoms with Crippen molar-refractivity contribution in [3.63, 3.8) is 0 Å². The minimum atomic E-state index is -4.37. The fourth-order valence-corrected chi connectivity index (χ4v) is 3.54. The van der Waals surface area contributed by atoms with Gasteiger partial charge in [0.1, 0.15) is 17.4 Å². The number of alkyl halides is 3. The lowest BCUT2D eigenvalue weighted by molar-refractivity contribution is -0.138. The van der Waals surface area contributed by atoms with Crippen LogP contribution in [0, 0.1) is 6.92 Å². The van der Waals surface area contributed by atoms with Gasteiger partial charge in [0.2, 0.25) is 0 Å². The van der Waals surface area contributed by atoms with Gasteiger partial charge in [0.15, 0.2) is 0 Å². The van der Waals surface area contributed by atoms with Crippen molar-refractivity contribution in [1.29, 1.82) is 0 Å². The molecule has 0 atom stereocenters. The zero-order chi connectivity index (χ0) is 20.3. The summed E-state index contributed by atoms with van der Waals surface area (Å²) in [4.78, 5) is 16.1. The Bertz CT molecular complexity index is 981. The van der Waals surface area contributed by atoms with Crippen molar-refractivity contribution >= 4 is 17.3 Å². The molecule has 0 aliphatic heterocycles. The number of carbonyl (C=O) groups is 1. The quantitative estimate of drug-likeness (QED) is 0.599. The van der Waals surface area contributed by atoms with Crippen molar-refractivity contribution in [3.05, 3.63) is 70.2 Å². The predicted molar refractivity (Wildman–Crippen MR) is 99.4 cm³/mol. The zero-order valence-corrected chi connectivity index (χ0v) is 15.6. The van der Waals surface area contributed by atoms with Crippen LogP contribution in [0.25, 0.3) is 10.6 Å². The Balaban J connectivity index is 1.72. The lowest BCUT2D eigenvalue weighted by atomic mass is 10.1. The van der Waals surface area contributed by atoms with E-state index in [1.54, 1.807) is 24.3 Å². The highest BCUT2D eigenvalue weighted by Gasteiger charge is 2.30. The van der Waals surface area contributed by atoms with Crippen LogP contribution in [0.4, 0.5) is 13.2 Å². The Labute approximate surface area is 163 Å². The second-order valence-corrected chi connectivity index (χ2v) is 7.19. The molecule has 1 N–H and O–H groups in total. The highest BCUT2D eigenvalue weighted by atomic mass is 32.1. The van der Waals surface area contributed by atoms with E-state index in [9.17, 15) is 18.0 Å². The maximum absolute atomic E-state index is 12.7. The summed E-state index contributed by atoms with van der Waals surface area (Å²) in [7, 11) is 0. The van der Waals surface area contributed by atoms with Gasteiger partial charge in [-0.3, -0.25) is 4.79 Å². The summed E-state index contributed by atoms with van der Waals surface area (Å²) in [6.07, 6.45) is -4.46. The molecule has 0 spiro atoms. The first-order valence-electron chi connectivity index (χ1n) is 8.30. The molecule has 1 aromatic heterocycles. The maximum Gasteiger partial charge on any atom is 0.416 e. The highest BCUT2D eigenvalue weighted by molar-refractivity contribution is 7.15. The summed E-state index contributed by atoms with van der Waals surface area (Å²) >= 11 is 1.35. The minimum absolute atomic E-state index is 0.0884. The topological polar surface area (TPSA) is 59.4 Å². The number of hydrogen-bond acceptors (Lipinski definition) is 4. The number of hydrogen-bond donors (Lipinski definition) is 1. The molecule has 0 radical (unpaired) electrons. The number of aryl methyl sites for hydroxylation is 1. The van der Waals surface area contributed by atoms with Gasteiger partial charge < -0.3 is 9.84 Å². The summed E-state index contributed by atoms with van der Waals surface area (Å²) in [5.41, 5.74) is 1.28. The first-order valence-corrected chi connectivity index (χ1v) is 9.11. The monoisotopic (exact) mass is 407 g/mol. The number of ether oxygens (including phenoxy) is 1. The molecule has 1 heterocycles. The summed E-state index contributed by atoms with van der Waals surface area (Å²) in [6.45, 7) is 2.05. The van der Waals surface area contributed by atoms with Gasteiger partial charge in [-0.1, -0.05) is 24.3 Å². The van der Waals surface area contributed by atoms with Crippen LogP contribution in [-0.2, 0) is 24.0 Å². The number of carboxylic acid groups (broad SMARTS) is 1. The van der Waals surface area contributed by atoms with Gasteiger partial charge in [0, 0.05) is 5.56 Å². The van der Waals surface area contributed by atoms with Crippen LogP contribution in [-0.4, -0.2) is 16.1 Å². The van der Waals surface area contributed by atoms with Gasteiger partial charge >= 0.3 is 12.1 Å². The number of aromatic nitrogens is 1. The molecule has 0 saturated carbocycles. The molecule has 0 aliphatic carbocycles. The van der Waals surface area contributed by atoms with Gasteiger partial charge in [0.25, 0.3) is 0 Å². The van der Waals surface area contributed by atoms with Crippen molar-refractivity contribution < 1.29 is 27.8 Å². The fraction of sp³-hybridized carbons (Fsp3) is 0.200. The molecule has 0 saturated heterocycles. The molecule has 3 rings (SSSR count). The smallest absolute Gasteiger partial charge is 0.416 e. The van der Waals surface area contributed by atoms with Crippen molar-refractivity contribution in [3.8, 4) is 16.3 Å². The van der Waals surface area contributed by atoms with E-state index < -0.39 is 17.7 Å². The van der Waals surface area contributed by atoms with E-state index in [4.69, 9.17) is 9.84 Å². The van der Waals surface area contributed by atoms with E-state index in [1.165, 1.54) is 23.5 Å². The van der Waals surface area contributed by atoms with Crippen molar-refractivity contribution in [1.82, 2.24) is 4.98 Å². The number of aliphatic carboxylic acids is 1. The second kappa shape index (κ2) is 8.02. The van der Waals surface area contributed by atoms with Crippen LogP contribution in [0.5, 0.6) is 5.75 Å². The Morgan fingerprint density at radius 3 is 2.54 bits per heavy atom.